The molecule has 0 bridgehead atoms. The van der Waals surface area contributed by atoms with E-state index in [1.807, 2.05) is 35.0 Å². The molecule has 178 valence electrons. The van der Waals surface area contributed by atoms with Crippen molar-refractivity contribution < 1.29 is 23.5 Å². The highest BCUT2D eigenvalue weighted by molar-refractivity contribution is 6.05. The second-order valence-corrected chi connectivity index (χ2v) is 7.42. The SMILES string of the molecule is COc1ccc(C(=O)N/C(=C\c2ccco2)C(=O)NCc2ccc(-n3ccnc3)cc2)cc1OC. The van der Waals surface area contributed by atoms with Crippen LogP contribution in [0.4, 0.5) is 0 Å². The average molecular weight is 473 g/mol. The minimum atomic E-state index is -0.483. The molecule has 0 aliphatic heterocycles. The Morgan fingerprint density at radius 2 is 1.86 bits per heavy atom. The van der Waals surface area contributed by atoms with Crippen molar-refractivity contribution in [2.24, 2.45) is 0 Å². The van der Waals surface area contributed by atoms with Crippen molar-refractivity contribution in [3.8, 4) is 17.2 Å². The number of amides is 2. The third kappa shape index (κ3) is 5.77. The zero-order valence-corrected chi connectivity index (χ0v) is 19.2. The lowest BCUT2D eigenvalue weighted by atomic mass is 10.1. The van der Waals surface area contributed by atoms with Crippen molar-refractivity contribution in [1.82, 2.24) is 20.2 Å². The predicted molar refractivity (Wildman–Crippen MR) is 129 cm³/mol. The van der Waals surface area contributed by atoms with Gasteiger partial charge in [0.25, 0.3) is 11.8 Å². The molecule has 0 spiro atoms. The summed E-state index contributed by atoms with van der Waals surface area (Å²) >= 11 is 0. The number of methoxy groups -OCH3 is 2. The van der Waals surface area contributed by atoms with Gasteiger partial charge in [0.05, 0.1) is 26.8 Å². The Bertz CT molecular complexity index is 1310. The van der Waals surface area contributed by atoms with Crippen LogP contribution in [0.5, 0.6) is 11.5 Å². The molecule has 2 N–H and O–H groups in total. The molecule has 2 aromatic carbocycles. The summed E-state index contributed by atoms with van der Waals surface area (Å²) in [6.45, 7) is 0.269. The molecule has 0 unspecified atom stereocenters. The summed E-state index contributed by atoms with van der Waals surface area (Å²) in [5.41, 5.74) is 2.19. The summed E-state index contributed by atoms with van der Waals surface area (Å²) in [5, 5.41) is 5.50. The maximum absolute atomic E-state index is 13.0. The Kier molecular flexibility index (Phi) is 7.27. The Morgan fingerprint density at radius 3 is 2.51 bits per heavy atom. The van der Waals surface area contributed by atoms with Crippen LogP contribution in [0.3, 0.4) is 0 Å². The lowest BCUT2D eigenvalue weighted by Crippen LogP contribution is -2.34. The fourth-order valence-corrected chi connectivity index (χ4v) is 3.32. The monoisotopic (exact) mass is 472 g/mol. The van der Waals surface area contributed by atoms with Gasteiger partial charge in [-0.1, -0.05) is 12.1 Å². The first-order chi connectivity index (χ1) is 17.1. The van der Waals surface area contributed by atoms with E-state index >= 15 is 0 Å². The smallest absolute Gasteiger partial charge is 0.268 e. The topological polar surface area (TPSA) is 108 Å². The molecule has 0 saturated heterocycles. The van der Waals surface area contributed by atoms with Crippen molar-refractivity contribution in [3.63, 3.8) is 0 Å². The number of furan rings is 1. The molecule has 35 heavy (non-hydrogen) atoms. The molecule has 0 saturated carbocycles. The zero-order chi connectivity index (χ0) is 24.6. The van der Waals surface area contributed by atoms with Crippen molar-refractivity contribution in [2.75, 3.05) is 14.2 Å². The van der Waals surface area contributed by atoms with Gasteiger partial charge in [0, 0.05) is 36.3 Å². The van der Waals surface area contributed by atoms with E-state index in [1.165, 1.54) is 26.6 Å². The van der Waals surface area contributed by atoms with Crippen molar-refractivity contribution >= 4 is 17.9 Å². The summed E-state index contributed by atoms with van der Waals surface area (Å²) in [5.74, 6) is 0.373. The number of aromatic nitrogens is 2. The van der Waals surface area contributed by atoms with Gasteiger partial charge in [-0.2, -0.15) is 0 Å². The Hall–Kier alpha value is -4.79. The third-order valence-corrected chi connectivity index (χ3v) is 5.16. The number of carbonyl (C=O) groups is 2. The normalized spacial score (nSPS) is 11.1. The van der Waals surface area contributed by atoms with Gasteiger partial charge in [0.15, 0.2) is 11.5 Å². The lowest BCUT2D eigenvalue weighted by molar-refractivity contribution is -0.117. The number of nitrogens with one attached hydrogen (secondary N) is 2. The molecule has 0 fully saturated rings. The van der Waals surface area contributed by atoms with Crippen molar-refractivity contribution in [1.29, 1.82) is 0 Å². The lowest BCUT2D eigenvalue weighted by Gasteiger charge is -2.13. The van der Waals surface area contributed by atoms with Gasteiger partial charge in [-0.15, -0.1) is 0 Å². The molecular weight excluding hydrogens is 448 g/mol. The molecule has 4 aromatic rings. The van der Waals surface area contributed by atoms with Crippen molar-refractivity contribution in [3.05, 3.63) is 102 Å². The van der Waals surface area contributed by atoms with Crippen LogP contribution in [0.15, 0.2) is 89.7 Å². The average Bonchev–Trinajstić information content (AvgIpc) is 3.61. The minimum Gasteiger partial charge on any atom is -0.493 e. The molecular formula is C26H24N4O5. The summed E-state index contributed by atoms with van der Waals surface area (Å²) in [6.07, 6.45) is 8.22. The molecule has 9 heteroatoms. The second-order valence-electron chi connectivity index (χ2n) is 7.42. The largest absolute Gasteiger partial charge is 0.493 e. The quantitative estimate of drug-likeness (QED) is 0.361. The van der Waals surface area contributed by atoms with Gasteiger partial charge in [0.1, 0.15) is 11.5 Å². The highest BCUT2D eigenvalue weighted by Gasteiger charge is 2.17. The van der Waals surface area contributed by atoms with Crippen LogP contribution in [-0.2, 0) is 11.3 Å². The molecule has 0 atom stereocenters. The van der Waals surface area contributed by atoms with E-state index in [2.05, 4.69) is 15.6 Å². The van der Waals surface area contributed by atoms with E-state index < -0.39 is 11.8 Å². The third-order valence-electron chi connectivity index (χ3n) is 5.16. The van der Waals surface area contributed by atoms with Gasteiger partial charge in [-0.3, -0.25) is 9.59 Å². The molecule has 2 heterocycles. The molecule has 9 nitrogen and oxygen atoms in total. The summed E-state index contributed by atoms with van der Waals surface area (Å²) < 4.78 is 17.7. The van der Waals surface area contributed by atoms with E-state index in [0.717, 1.165) is 11.3 Å². The number of nitrogens with zero attached hydrogens (tertiary/aromatic N) is 2. The van der Waals surface area contributed by atoms with Crippen LogP contribution in [0, 0.1) is 0 Å². The van der Waals surface area contributed by atoms with E-state index in [0.29, 0.717) is 22.8 Å². The maximum atomic E-state index is 13.0. The molecule has 4 rings (SSSR count). The molecule has 0 radical (unpaired) electrons. The van der Waals surface area contributed by atoms with Gasteiger partial charge in [-0.25, -0.2) is 4.98 Å². The number of imidazole rings is 1. The van der Waals surface area contributed by atoms with E-state index in [1.54, 1.807) is 42.9 Å². The van der Waals surface area contributed by atoms with E-state index in [9.17, 15) is 9.59 Å². The first-order valence-corrected chi connectivity index (χ1v) is 10.7. The Labute approximate surface area is 202 Å². The van der Waals surface area contributed by atoms with E-state index in [4.69, 9.17) is 13.9 Å². The molecule has 0 aliphatic rings. The number of hydrogen-bond donors (Lipinski definition) is 2. The van der Waals surface area contributed by atoms with Gasteiger partial charge in [-0.05, 0) is 48.0 Å². The fraction of sp³-hybridized carbons (Fsp3) is 0.115. The van der Waals surface area contributed by atoms with Crippen LogP contribution in [0.25, 0.3) is 11.8 Å². The van der Waals surface area contributed by atoms with Gasteiger partial charge >= 0.3 is 0 Å². The van der Waals surface area contributed by atoms with Crippen LogP contribution in [-0.4, -0.2) is 35.6 Å². The summed E-state index contributed by atoms with van der Waals surface area (Å²) in [7, 11) is 2.99. The van der Waals surface area contributed by atoms with Crippen LogP contribution in [0.2, 0.25) is 0 Å². The highest BCUT2D eigenvalue weighted by Crippen LogP contribution is 2.27. The standard InChI is InChI=1S/C26H24N4O5/c1-33-23-10-7-19(14-24(23)34-2)25(31)29-22(15-21-4-3-13-35-21)26(32)28-16-18-5-8-20(9-6-18)30-12-11-27-17-30/h3-15,17H,16H2,1-2H3,(H,28,32)(H,29,31)/b22-15-. The van der Waals surface area contributed by atoms with Gasteiger partial charge < -0.3 is 29.1 Å². The number of ether oxygens (including phenoxy) is 2. The first kappa shape index (κ1) is 23.4. The zero-order valence-electron chi connectivity index (χ0n) is 19.2. The van der Waals surface area contributed by atoms with Crippen molar-refractivity contribution in [2.45, 2.75) is 6.54 Å². The summed E-state index contributed by atoms with van der Waals surface area (Å²) in [6, 6.07) is 15.8. The second kappa shape index (κ2) is 10.9. The maximum Gasteiger partial charge on any atom is 0.268 e. The Morgan fingerprint density at radius 1 is 1.06 bits per heavy atom. The van der Waals surface area contributed by atoms with Crippen LogP contribution in [0.1, 0.15) is 21.7 Å². The van der Waals surface area contributed by atoms with Crippen LogP contribution >= 0.6 is 0 Å². The fourth-order valence-electron chi connectivity index (χ4n) is 3.32. The first-order valence-electron chi connectivity index (χ1n) is 10.7. The van der Waals surface area contributed by atoms with E-state index in [-0.39, 0.29) is 12.2 Å². The number of benzene rings is 2. The number of carbonyl (C=O) groups excluding carboxylic acids is 2. The Balaban J connectivity index is 1.47. The van der Waals surface area contributed by atoms with Gasteiger partial charge in [0.2, 0.25) is 0 Å². The minimum absolute atomic E-state index is 0.0368. The predicted octanol–water partition coefficient (Wildman–Crippen LogP) is 3.57. The van der Waals surface area contributed by atoms with Crippen LogP contribution < -0.4 is 20.1 Å². The summed E-state index contributed by atoms with van der Waals surface area (Å²) in [4.78, 5) is 29.9. The molecule has 2 aromatic heterocycles. The molecule has 0 aliphatic carbocycles. The molecule has 2 amide bonds. The highest BCUT2D eigenvalue weighted by atomic mass is 16.5. The number of hydrogen-bond acceptors (Lipinski definition) is 6. The number of rotatable bonds is 9.